The average molecular weight is 369 g/mol. The number of fused-ring (bicyclic) bond motifs is 1. The average Bonchev–Trinajstić information content (AvgIpc) is 3.02. The van der Waals surface area contributed by atoms with Gasteiger partial charge in [-0.15, -0.1) is 0 Å². The van der Waals surface area contributed by atoms with Crippen LogP contribution in [0.15, 0.2) is 36.7 Å². The van der Waals surface area contributed by atoms with Gasteiger partial charge >= 0.3 is 6.09 Å². The molecule has 0 aliphatic carbocycles. The van der Waals surface area contributed by atoms with Gasteiger partial charge in [-0.05, 0) is 30.9 Å². The second-order valence-electron chi connectivity index (χ2n) is 7.14. The predicted molar refractivity (Wildman–Crippen MR) is 95.3 cm³/mol. The number of carbonyl (C=O) groups is 2. The van der Waals surface area contributed by atoms with Gasteiger partial charge in [0.25, 0.3) is 0 Å². The molecular weight excluding hydrogens is 349 g/mol. The largest absolute Gasteiger partial charge is 0.447 e. The van der Waals surface area contributed by atoms with E-state index in [-0.39, 0.29) is 36.1 Å². The highest BCUT2D eigenvalue weighted by atomic mass is 19.1. The highest BCUT2D eigenvalue weighted by molar-refractivity contribution is 5.80. The smallest absolute Gasteiger partial charge is 0.410 e. The number of benzene rings is 1. The van der Waals surface area contributed by atoms with Gasteiger partial charge in [0.15, 0.2) is 0 Å². The van der Waals surface area contributed by atoms with Crippen molar-refractivity contribution in [3.05, 3.63) is 48.2 Å². The molecule has 6 nitrogen and oxygen atoms in total. The van der Waals surface area contributed by atoms with E-state index in [1.165, 1.54) is 12.1 Å². The molecule has 0 spiro atoms. The number of hydrogen-bond acceptors (Lipinski definition) is 5. The van der Waals surface area contributed by atoms with Gasteiger partial charge in [-0.1, -0.05) is 12.1 Å². The fourth-order valence-corrected chi connectivity index (χ4v) is 3.81. The molecule has 7 heteroatoms. The minimum Gasteiger partial charge on any atom is -0.447 e. The van der Waals surface area contributed by atoms with Crippen molar-refractivity contribution in [1.29, 1.82) is 0 Å². The molecule has 140 valence electrons. The topological polar surface area (TPSA) is 72.4 Å². The summed E-state index contributed by atoms with van der Waals surface area (Å²) in [6, 6.07) is 6.27. The molecule has 2 aromatic rings. The second-order valence-corrected chi connectivity index (χ2v) is 7.14. The lowest BCUT2D eigenvalue weighted by atomic mass is 9.87. The number of amides is 1. The summed E-state index contributed by atoms with van der Waals surface area (Å²) in [7, 11) is 0. The van der Waals surface area contributed by atoms with Crippen LogP contribution in [0.2, 0.25) is 0 Å². The van der Waals surface area contributed by atoms with Gasteiger partial charge in [0.1, 0.15) is 18.2 Å². The molecule has 27 heavy (non-hydrogen) atoms. The third-order valence-corrected chi connectivity index (χ3v) is 5.18. The Balaban J connectivity index is 1.33. The molecule has 2 atom stereocenters. The van der Waals surface area contributed by atoms with Crippen molar-refractivity contribution in [2.75, 3.05) is 13.2 Å². The number of ether oxygens (including phenoxy) is 1. The number of piperidine rings is 1. The van der Waals surface area contributed by atoms with Crippen molar-refractivity contribution in [1.82, 2.24) is 14.9 Å². The number of Topliss-reactive ketones (excluding diaryl/α,β-unsaturated/α-hetero) is 1. The lowest BCUT2D eigenvalue weighted by molar-refractivity contribution is -0.119. The summed E-state index contributed by atoms with van der Waals surface area (Å²) >= 11 is 0. The van der Waals surface area contributed by atoms with E-state index in [0.717, 1.165) is 12.8 Å². The van der Waals surface area contributed by atoms with Crippen molar-refractivity contribution >= 4 is 11.9 Å². The SMILES string of the molecule is O=C(Cc1cnc(-c2cccc(F)c2)cn1)CC1CCN2C(=O)OCC2C1. The van der Waals surface area contributed by atoms with Crippen LogP contribution < -0.4 is 0 Å². The summed E-state index contributed by atoms with van der Waals surface area (Å²) in [4.78, 5) is 34.3. The molecule has 0 radical (unpaired) electrons. The highest BCUT2D eigenvalue weighted by Crippen LogP contribution is 2.30. The first-order chi connectivity index (χ1) is 13.1. The Morgan fingerprint density at radius 2 is 2.19 bits per heavy atom. The predicted octanol–water partition coefficient (Wildman–Crippen LogP) is 3.02. The lowest BCUT2D eigenvalue weighted by Crippen LogP contribution is -2.41. The Hall–Kier alpha value is -2.83. The van der Waals surface area contributed by atoms with Gasteiger partial charge in [-0.25, -0.2) is 9.18 Å². The zero-order valence-corrected chi connectivity index (χ0v) is 14.8. The number of cyclic esters (lactones) is 1. The summed E-state index contributed by atoms with van der Waals surface area (Å²) in [5, 5.41) is 0. The Labute approximate surface area is 156 Å². The number of hydrogen-bond donors (Lipinski definition) is 0. The summed E-state index contributed by atoms with van der Waals surface area (Å²) < 4.78 is 18.4. The van der Waals surface area contributed by atoms with Crippen LogP contribution in [0.4, 0.5) is 9.18 Å². The first-order valence-electron chi connectivity index (χ1n) is 9.10. The van der Waals surface area contributed by atoms with E-state index in [4.69, 9.17) is 4.74 Å². The lowest BCUT2D eigenvalue weighted by Gasteiger charge is -2.32. The van der Waals surface area contributed by atoms with Gasteiger partial charge in [0.05, 0.1) is 30.0 Å². The summed E-state index contributed by atoms with van der Waals surface area (Å²) in [5.41, 5.74) is 1.83. The minimum absolute atomic E-state index is 0.106. The quantitative estimate of drug-likeness (QED) is 0.810. The molecule has 2 fully saturated rings. The van der Waals surface area contributed by atoms with E-state index in [1.807, 2.05) is 0 Å². The van der Waals surface area contributed by atoms with Crippen LogP contribution in [0.25, 0.3) is 11.3 Å². The summed E-state index contributed by atoms with van der Waals surface area (Å²) in [6.07, 6.45) is 5.24. The molecule has 0 saturated carbocycles. The molecule has 3 heterocycles. The van der Waals surface area contributed by atoms with Crippen LogP contribution in [0.1, 0.15) is 25.0 Å². The van der Waals surface area contributed by atoms with E-state index in [2.05, 4.69) is 9.97 Å². The minimum atomic E-state index is -0.325. The Morgan fingerprint density at radius 1 is 1.30 bits per heavy atom. The molecule has 2 unspecified atom stereocenters. The number of halogens is 1. The zero-order chi connectivity index (χ0) is 18.8. The van der Waals surface area contributed by atoms with Crippen molar-refractivity contribution < 1.29 is 18.7 Å². The molecular formula is C20H20FN3O3. The van der Waals surface area contributed by atoms with Crippen molar-refractivity contribution in [3.8, 4) is 11.3 Å². The van der Waals surface area contributed by atoms with E-state index >= 15 is 0 Å². The fraction of sp³-hybridized carbons (Fsp3) is 0.400. The molecule has 4 rings (SSSR count). The zero-order valence-electron chi connectivity index (χ0n) is 14.8. The van der Waals surface area contributed by atoms with Crippen LogP contribution in [0, 0.1) is 11.7 Å². The second kappa shape index (κ2) is 7.42. The van der Waals surface area contributed by atoms with Crippen LogP contribution in [-0.2, 0) is 16.0 Å². The fourth-order valence-electron chi connectivity index (χ4n) is 3.81. The van der Waals surface area contributed by atoms with Gasteiger partial charge in [0, 0.05) is 24.7 Å². The Morgan fingerprint density at radius 3 is 2.96 bits per heavy atom. The number of aromatic nitrogens is 2. The number of ketones is 1. The maximum absolute atomic E-state index is 13.3. The number of nitrogens with zero attached hydrogens (tertiary/aromatic N) is 3. The third-order valence-electron chi connectivity index (χ3n) is 5.18. The van der Waals surface area contributed by atoms with E-state index < -0.39 is 0 Å². The van der Waals surface area contributed by atoms with Gasteiger partial charge in [-0.2, -0.15) is 0 Å². The maximum Gasteiger partial charge on any atom is 0.410 e. The summed E-state index contributed by atoms with van der Waals surface area (Å²) in [5.74, 6) is 0.0632. The van der Waals surface area contributed by atoms with Crippen LogP contribution in [-0.4, -0.2) is 45.9 Å². The molecule has 2 saturated heterocycles. The van der Waals surface area contributed by atoms with Gasteiger partial charge < -0.3 is 9.64 Å². The van der Waals surface area contributed by atoms with Crippen LogP contribution >= 0.6 is 0 Å². The number of carbonyl (C=O) groups excluding carboxylic acids is 2. The third kappa shape index (κ3) is 3.97. The first-order valence-corrected chi connectivity index (χ1v) is 9.10. The molecule has 0 bridgehead atoms. The molecule has 2 aliphatic heterocycles. The monoisotopic (exact) mass is 369 g/mol. The van der Waals surface area contributed by atoms with Gasteiger partial charge in [0.2, 0.25) is 0 Å². The normalized spacial score (nSPS) is 21.7. The Kier molecular flexibility index (Phi) is 4.83. The van der Waals surface area contributed by atoms with Gasteiger partial charge in [-0.3, -0.25) is 14.8 Å². The maximum atomic E-state index is 13.3. The molecule has 0 N–H and O–H groups in total. The van der Waals surface area contributed by atoms with Crippen molar-refractivity contribution in [3.63, 3.8) is 0 Å². The number of rotatable bonds is 5. The van der Waals surface area contributed by atoms with Crippen LogP contribution in [0.3, 0.4) is 0 Å². The summed E-state index contributed by atoms with van der Waals surface area (Å²) in [6.45, 7) is 1.08. The van der Waals surface area contributed by atoms with E-state index in [9.17, 15) is 14.0 Å². The molecule has 1 aromatic carbocycles. The van der Waals surface area contributed by atoms with Crippen molar-refractivity contribution in [2.24, 2.45) is 5.92 Å². The first kappa shape index (κ1) is 17.6. The molecule has 1 amide bonds. The highest BCUT2D eigenvalue weighted by Gasteiger charge is 2.38. The standard InChI is InChI=1S/C20H20FN3O3/c21-15-3-1-2-14(8-15)19-11-22-16(10-23-19)9-18(25)7-13-4-5-24-17(6-13)12-27-20(24)26/h1-3,8,10-11,13,17H,4-7,9,12H2. The van der Waals surface area contributed by atoms with Crippen molar-refractivity contribution in [2.45, 2.75) is 31.7 Å². The van der Waals surface area contributed by atoms with Crippen LogP contribution in [0.5, 0.6) is 0 Å². The van der Waals surface area contributed by atoms with E-state index in [1.54, 1.807) is 29.4 Å². The Bertz CT molecular complexity index is 856. The van der Waals surface area contributed by atoms with E-state index in [0.29, 0.717) is 36.5 Å². The molecule has 2 aliphatic rings. The molecule has 1 aromatic heterocycles.